The van der Waals surface area contributed by atoms with Gasteiger partial charge in [-0.25, -0.2) is 4.98 Å². The molecule has 0 spiro atoms. The molecule has 2 aromatic carbocycles. The van der Waals surface area contributed by atoms with Crippen LogP contribution in [-0.2, 0) is 0 Å². The van der Waals surface area contributed by atoms with Gasteiger partial charge in [-0.2, -0.15) is 0 Å². The summed E-state index contributed by atoms with van der Waals surface area (Å²) in [5.41, 5.74) is 6.64. The zero-order valence-corrected chi connectivity index (χ0v) is 18.4. The number of anilines is 2. The molecule has 0 radical (unpaired) electrons. The number of fused-ring (bicyclic) bond motifs is 2. The number of pyridine rings is 1. The number of hydrogen-bond acceptors (Lipinski definition) is 4. The highest BCUT2D eigenvalue weighted by Crippen LogP contribution is 2.30. The second kappa shape index (κ2) is 8.81. The molecule has 3 aromatic rings. The summed E-state index contributed by atoms with van der Waals surface area (Å²) >= 11 is 6.17. The highest BCUT2D eigenvalue weighted by atomic mass is 35.5. The molecular formula is C26H22ClN5. The second-order valence-corrected chi connectivity index (χ2v) is 7.96. The fraction of sp³-hybridized carbons (Fsp3) is 0.115. The maximum absolute atomic E-state index is 6.17. The molecule has 0 unspecified atom stereocenters. The summed E-state index contributed by atoms with van der Waals surface area (Å²) in [5, 5.41) is 5.06. The van der Waals surface area contributed by atoms with Crippen LogP contribution in [0.5, 0.6) is 0 Å². The van der Waals surface area contributed by atoms with Crippen LogP contribution in [0.4, 0.5) is 11.4 Å². The fourth-order valence-electron chi connectivity index (χ4n) is 3.77. The van der Waals surface area contributed by atoms with Crippen molar-refractivity contribution >= 4 is 34.0 Å². The highest BCUT2D eigenvalue weighted by Gasteiger charge is 2.16. The molecule has 0 saturated carbocycles. The summed E-state index contributed by atoms with van der Waals surface area (Å²) in [5.74, 6) is 0. The minimum Gasteiger partial charge on any atom is -0.352 e. The van der Waals surface area contributed by atoms with Gasteiger partial charge >= 0.3 is 0 Å². The molecule has 0 atom stereocenters. The summed E-state index contributed by atoms with van der Waals surface area (Å²) in [4.78, 5) is 14.0. The van der Waals surface area contributed by atoms with Crippen LogP contribution in [0.1, 0.15) is 13.3 Å². The van der Waals surface area contributed by atoms with Crippen LogP contribution >= 0.6 is 11.6 Å². The minimum atomic E-state index is 0.707. The predicted octanol–water partition coefficient (Wildman–Crippen LogP) is 6.23. The predicted molar refractivity (Wildman–Crippen MR) is 131 cm³/mol. The van der Waals surface area contributed by atoms with Crippen LogP contribution in [0, 0.1) is 0 Å². The van der Waals surface area contributed by atoms with Gasteiger partial charge in [0.1, 0.15) is 0 Å². The Bertz CT molecular complexity index is 1410. The normalized spacial score (nSPS) is 11.9. The Morgan fingerprint density at radius 1 is 1.00 bits per heavy atom. The molecule has 1 N–H and O–H groups in total. The van der Waals surface area contributed by atoms with Crippen molar-refractivity contribution < 1.29 is 0 Å². The molecule has 1 aromatic heterocycles. The molecule has 32 heavy (non-hydrogen) atoms. The molecule has 0 amide bonds. The van der Waals surface area contributed by atoms with E-state index in [2.05, 4.69) is 40.0 Å². The van der Waals surface area contributed by atoms with Crippen molar-refractivity contribution in [2.45, 2.75) is 13.3 Å². The van der Waals surface area contributed by atoms with Crippen LogP contribution in [0.2, 0.25) is 5.02 Å². The van der Waals surface area contributed by atoms with Crippen LogP contribution < -0.4 is 10.7 Å². The topological polar surface area (TPSA) is 55.1 Å². The van der Waals surface area contributed by atoms with Gasteiger partial charge in [0.15, 0.2) is 0 Å². The standard InChI is InChI=1S/C26H22ClN5/c1-2-13-29-22-16-26-24(15-23(22)30-19-6-5-14-28-17-19)31-21-7-3-4-8-25(21)32(26)20-11-9-18(27)10-12-20/h3-12,14-17,30H,2,13H2,1H3. The summed E-state index contributed by atoms with van der Waals surface area (Å²) in [6.07, 6.45) is 4.53. The van der Waals surface area contributed by atoms with E-state index in [1.165, 1.54) is 0 Å². The van der Waals surface area contributed by atoms with E-state index in [9.17, 15) is 0 Å². The van der Waals surface area contributed by atoms with Gasteiger partial charge in [-0.1, -0.05) is 30.7 Å². The van der Waals surface area contributed by atoms with Gasteiger partial charge in [-0.3, -0.25) is 9.98 Å². The van der Waals surface area contributed by atoms with Crippen molar-refractivity contribution in [3.8, 4) is 17.1 Å². The van der Waals surface area contributed by atoms with Gasteiger partial charge in [0, 0.05) is 23.5 Å². The van der Waals surface area contributed by atoms with Crippen molar-refractivity contribution in [3.63, 3.8) is 0 Å². The van der Waals surface area contributed by atoms with Gasteiger partial charge in [-0.15, -0.1) is 0 Å². The fourth-order valence-corrected chi connectivity index (χ4v) is 3.89. The van der Waals surface area contributed by atoms with Crippen molar-refractivity contribution in [1.82, 2.24) is 14.5 Å². The van der Waals surface area contributed by atoms with Crippen molar-refractivity contribution in [2.75, 3.05) is 11.9 Å². The lowest BCUT2D eigenvalue weighted by Crippen LogP contribution is -2.15. The molecule has 5 rings (SSSR count). The zero-order chi connectivity index (χ0) is 21.9. The summed E-state index contributed by atoms with van der Waals surface area (Å²) < 4.78 is 2.22. The maximum atomic E-state index is 6.17. The molecule has 2 aliphatic rings. The van der Waals surface area contributed by atoms with Gasteiger partial charge < -0.3 is 9.88 Å². The van der Waals surface area contributed by atoms with Crippen LogP contribution in [-0.4, -0.2) is 21.1 Å². The molecule has 2 heterocycles. The molecule has 5 nitrogen and oxygen atoms in total. The lowest BCUT2D eigenvalue weighted by Gasteiger charge is -2.20. The largest absolute Gasteiger partial charge is 0.352 e. The second-order valence-electron chi connectivity index (χ2n) is 7.52. The molecule has 0 saturated heterocycles. The van der Waals surface area contributed by atoms with E-state index in [-0.39, 0.29) is 0 Å². The SMILES string of the molecule is CCCN=c1cc2n(-c3ccc(Cl)cc3)c3ccccc3nc-2cc1Nc1cccnc1. The zero-order valence-electron chi connectivity index (χ0n) is 17.7. The number of nitrogens with zero attached hydrogens (tertiary/aromatic N) is 4. The van der Waals surface area contributed by atoms with Crippen molar-refractivity contribution in [1.29, 1.82) is 0 Å². The Morgan fingerprint density at radius 2 is 1.84 bits per heavy atom. The summed E-state index contributed by atoms with van der Waals surface area (Å²) in [7, 11) is 0. The van der Waals surface area contributed by atoms with Gasteiger partial charge in [-0.05, 0) is 67.1 Å². The highest BCUT2D eigenvalue weighted by molar-refractivity contribution is 6.30. The average molecular weight is 440 g/mol. The first kappa shape index (κ1) is 20.2. The van der Waals surface area contributed by atoms with E-state index in [0.717, 1.165) is 57.8 Å². The van der Waals surface area contributed by atoms with Crippen LogP contribution in [0.25, 0.3) is 28.1 Å². The number of rotatable bonds is 5. The Morgan fingerprint density at radius 3 is 2.62 bits per heavy atom. The number of nitrogens with one attached hydrogen (secondary N) is 1. The first-order valence-electron chi connectivity index (χ1n) is 10.6. The number of hydrogen-bond donors (Lipinski definition) is 1. The number of aromatic nitrogens is 3. The van der Waals surface area contributed by atoms with E-state index in [4.69, 9.17) is 21.6 Å². The molecule has 0 fully saturated rings. The number of benzene rings is 3. The average Bonchev–Trinajstić information content (AvgIpc) is 2.83. The molecule has 158 valence electrons. The van der Waals surface area contributed by atoms with Gasteiger partial charge in [0.25, 0.3) is 0 Å². The van der Waals surface area contributed by atoms with Crippen LogP contribution in [0.3, 0.4) is 0 Å². The third-order valence-electron chi connectivity index (χ3n) is 5.23. The van der Waals surface area contributed by atoms with Gasteiger partial charge in [0.2, 0.25) is 0 Å². The van der Waals surface area contributed by atoms with Gasteiger partial charge in [0.05, 0.1) is 45.4 Å². The van der Waals surface area contributed by atoms with E-state index < -0.39 is 0 Å². The van der Waals surface area contributed by atoms with E-state index >= 15 is 0 Å². The van der Waals surface area contributed by atoms with Crippen molar-refractivity contribution in [2.24, 2.45) is 4.99 Å². The Labute approximate surface area is 191 Å². The lowest BCUT2D eigenvalue weighted by molar-refractivity contribution is 0.903. The Hall–Kier alpha value is -3.70. The summed E-state index contributed by atoms with van der Waals surface area (Å²) in [6, 6.07) is 24.1. The lowest BCUT2D eigenvalue weighted by atomic mass is 10.1. The Kier molecular flexibility index (Phi) is 5.57. The molecule has 1 aliphatic heterocycles. The smallest absolute Gasteiger partial charge is 0.0900 e. The molecule has 6 heteroatoms. The van der Waals surface area contributed by atoms with Crippen LogP contribution in [0.15, 0.2) is 90.2 Å². The summed E-state index contributed by atoms with van der Waals surface area (Å²) in [6.45, 7) is 2.87. The maximum Gasteiger partial charge on any atom is 0.0900 e. The van der Waals surface area contributed by atoms with E-state index in [0.29, 0.717) is 5.02 Å². The first-order valence-corrected chi connectivity index (χ1v) is 11.0. The van der Waals surface area contributed by atoms with E-state index in [1.54, 1.807) is 12.4 Å². The quantitative estimate of drug-likeness (QED) is 0.330. The first-order chi connectivity index (χ1) is 15.7. The monoisotopic (exact) mass is 439 g/mol. The number of para-hydroxylation sites is 2. The Balaban J connectivity index is 1.81. The molecule has 0 bridgehead atoms. The minimum absolute atomic E-state index is 0.707. The van der Waals surface area contributed by atoms with E-state index in [1.807, 2.05) is 54.6 Å². The molecular weight excluding hydrogens is 418 g/mol. The number of halogens is 1. The third kappa shape index (κ3) is 3.95. The third-order valence-corrected chi connectivity index (χ3v) is 5.48. The molecule has 1 aliphatic carbocycles. The van der Waals surface area contributed by atoms with Crippen molar-refractivity contribution in [3.05, 3.63) is 95.6 Å².